The van der Waals surface area contributed by atoms with Crippen LogP contribution in [0.4, 0.5) is 0 Å². The minimum absolute atomic E-state index is 0.203. The predicted molar refractivity (Wildman–Crippen MR) is 92.7 cm³/mol. The third-order valence-corrected chi connectivity index (χ3v) is 5.12. The van der Waals surface area contributed by atoms with Crippen LogP contribution >= 0.6 is 11.3 Å². The molecule has 0 saturated heterocycles. The Bertz CT molecular complexity index is 838. The number of nitrogens with zero attached hydrogens (tertiary/aromatic N) is 1. The van der Waals surface area contributed by atoms with E-state index in [-0.39, 0.29) is 12.2 Å². The summed E-state index contributed by atoms with van der Waals surface area (Å²) in [5.41, 5.74) is 0.858. The normalized spacial score (nSPS) is 21.0. The van der Waals surface area contributed by atoms with Crippen LogP contribution in [-0.2, 0) is 0 Å². The minimum Gasteiger partial charge on any atom is -0.485 e. The highest BCUT2D eigenvalue weighted by molar-refractivity contribution is 7.09. The van der Waals surface area contributed by atoms with Crippen molar-refractivity contribution in [2.75, 3.05) is 13.2 Å². The molecule has 0 amide bonds. The molecule has 3 heterocycles. The van der Waals surface area contributed by atoms with Crippen LogP contribution in [0, 0.1) is 0 Å². The van der Waals surface area contributed by atoms with E-state index in [0.717, 1.165) is 33.7 Å². The maximum absolute atomic E-state index is 6.03. The number of para-hydroxylation sites is 4. The van der Waals surface area contributed by atoms with Crippen molar-refractivity contribution in [1.82, 2.24) is 4.98 Å². The number of benzene rings is 2. The number of ether oxygens (including phenoxy) is 4. The molecule has 0 fully saturated rings. The topological polar surface area (TPSA) is 49.8 Å². The van der Waals surface area contributed by atoms with Crippen LogP contribution < -0.4 is 18.9 Å². The predicted octanol–water partition coefficient (Wildman–Crippen LogP) is 4.17. The Morgan fingerprint density at radius 3 is 2.00 bits per heavy atom. The van der Waals surface area contributed by atoms with Crippen LogP contribution in [0.5, 0.6) is 23.0 Å². The van der Waals surface area contributed by atoms with Gasteiger partial charge in [0.2, 0.25) is 0 Å². The molecule has 0 spiro atoms. The van der Waals surface area contributed by atoms with Gasteiger partial charge in [-0.2, -0.15) is 0 Å². The Kier molecular flexibility index (Phi) is 3.48. The maximum Gasteiger partial charge on any atom is 0.184 e. The van der Waals surface area contributed by atoms with Gasteiger partial charge in [-0.05, 0) is 24.3 Å². The molecule has 0 bridgehead atoms. The lowest BCUT2D eigenvalue weighted by molar-refractivity contribution is 0.0835. The first-order valence-electron chi connectivity index (χ1n) is 8.09. The zero-order valence-electron chi connectivity index (χ0n) is 13.3. The fourth-order valence-electron chi connectivity index (χ4n) is 2.90. The van der Waals surface area contributed by atoms with Gasteiger partial charge in [0.1, 0.15) is 18.2 Å². The molecule has 2 aliphatic rings. The van der Waals surface area contributed by atoms with Gasteiger partial charge < -0.3 is 18.9 Å². The van der Waals surface area contributed by atoms with Gasteiger partial charge in [-0.1, -0.05) is 24.3 Å². The van der Waals surface area contributed by atoms with Gasteiger partial charge in [-0.25, -0.2) is 4.98 Å². The van der Waals surface area contributed by atoms with Gasteiger partial charge in [-0.15, -0.1) is 11.3 Å². The van der Waals surface area contributed by atoms with Crippen molar-refractivity contribution in [2.45, 2.75) is 12.2 Å². The fourth-order valence-corrected chi connectivity index (χ4v) is 3.77. The highest BCUT2D eigenvalue weighted by Crippen LogP contribution is 2.39. The molecule has 126 valence electrons. The van der Waals surface area contributed by atoms with Crippen molar-refractivity contribution in [2.24, 2.45) is 0 Å². The Morgan fingerprint density at radius 2 is 1.32 bits per heavy atom. The Balaban J connectivity index is 1.35. The number of hydrogen-bond donors (Lipinski definition) is 0. The molecule has 5 rings (SSSR count). The molecular weight excluding hydrogens is 338 g/mol. The summed E-state index contributed by atoms with van der Waals surface area (Å²) in [6.45, 7) is 0.903. The lowest BCUT2D eigenvalue weighted by atomic mass is 10.2. The van der Waals surface area contributed by atoms with Crippen molar-refractivity contribution in [1.29, 1.82) is 0 Å². The van der Waals surface area contributed by atoms with Crippen molar-refractivity contribution >= 4 is 11.3 Å². The van der Waals surface area contributed by atoms with Crippen molar-refractivity contribution in [3.63, 3.8) is 0 Å². The molecule has 25 heavy (non-hydrogen) atoms. The molecular formula is C19H15NO4S. The molecule has 0 N–H and O–H groups in total. The van der Waals surface area contributed by atoms with Crippen LogP contribution in [0.1, 0.15) is 22.9 Å². The summed E-state index contributed by atoms with van der Waals surface area (Å²) in [6.07, 6.45) is -0.415. The largest absolute Gasteiger partial charge is 0.485 e. The summed E-state index contributed by atoms with van der Waals surface area (Å²) < 4.78 is 23.6. The van der Waals surface area contributed by atoms with Gasteiger partial charge in [0.25, 0.3) is 0 Å². The standard InChI is InChI=1S/C19H15NO4S/c1-3-7-15-13(5-1)21-9-17(23-15)12-11-25-19(20-12)18-10-22-14-6-2-4-8-16(14)24-18/h1-8,11,17-18H,9-10H2/t17-,18-/m0/s1. The summed E-state index contributed by atoms with van der Waals surface area (Å²) >= 11 is 1.55. The fraction of sp³-hybridized carbons (Fsp3) is 0.211. The molecule has 2 atom stereocenters. The van der Waals surface area contributed by atoms with Gasteiger partial charge in [0, 0.05) is 5.38 Å². The van der Waals surface area contributed by atoms with E-state index in [0.29, 0.717) is 13.2 Å². The summed E-state index contributed by atoms with van der Waals surface area (Å²) in [5.74, 6) is 3.05. The third kappa shape index (κ3) is 2.68. The second-order valence-corrected chi connectivity index (χ2v) is 6.73. The lowest BCUT2D eigenvalue weighted by Crippen LogP contribution is -2.23. The lowest BCUT2D eigenvalue weighted by Gasteiger charge is -2.26. The molecule has 6 heteroatoms. The average Bonchev–Trinajstić information content (AvgIpc) is 3.17. The number of aromatic nitrogens is 1. The summed E-state index contributed by atoms with van der Waals surface area (Å²) in [4.78, 5) is 4.71. The molecule has 0 radical (unpaired) electrons. The van der Waals surface area contributed by atoms with Gasteiger partial charge in [0.05, 0.1) is 5.69 Å². The minimum atomic E-state index is -0.211. The molecule has 2 aromatic carbocycles. The van der Waals surface area contributed by atoms with Gasteiger partial charge >= 0.3 is 0 Å². The van der Waals surface area contributed by atoms with Crippen LogP contribution in [-0.4, -0.2) is 18.2 Å². The van der Waals surface area contributed by atoms with E-state index in [1.54, 1.807) is 11.3 Å². The Morgan fingerprint density at radius 1 is 0.760 bits per heavy atom. The second kappa shape index (κ2) is 5.97. The highest BCUT2D eigenvalue weighted by atomic mass is 32.1. The first-order valence-corrected chi connectivity index (χ1v) is 8.97. The molecule has 5 nitrogen and oxygen atoms in total. The average molecular weight is 353 g/mol. The van der Waals surface area contributed by atoms with Gasteiger partial charge in [0.15, 0.2) is 35.2 Å². The third-order valence-electron chi connectivity index (χ3n) is 4.16. The van der Waals surface area contributed by atoms with Crippen LogP contribution in [0.15, 0.2) is 53.9 Å². The Labute approximate surface area is 148 Å². The first kappa shape index (κ1) is 14.6. The quantitative estimate of drug-likeness (QED) is 0.692. The van der Waals surface area contributed by atoms with E-state index in [1.165, 1.54) is 0 Å². The smallest absolute Gasteiger partial charge is 0.184 e. The van der Waals surface area contributed by atoms with Crippen LogP contribution in [0.2, 0.25) is 0 Å². The zero-order chi connectivity index (χ0) is 16.6. The van der Waals surface area contributed by atoms with E-state index in [2.05, 4.69) is 0 Å². The zero-order valence-corrected chi connectivity index (χ0v) is 14.1. The van der Waals surface area contributed by atoms with E-state index < -0.39 is 0 Å². The number of hydrogen-bond acceptors (Lipinski definition) is 6. The summed E-state index contributed by atoms with van der Waals surface area (Å²) in [7, 11) is 0. The van der Waals surface area contributed by atoms with Gasteiger partial charge in [-0.3, -0.25) is 0 Å². The molecule has 2 aliphatic heterocycles. The van der Waals surface area contributed by atoms with Crippen molar-refractivity contribution in [3.05, 3.63) is 64.6 Å². The SMILES string of the molecule is c1ccc2c(c1)OC[C@@H](c1csc([C@@H]3COc4ccccc4O3)n1)O2. The molecule has 3 aromatic rings. The molecule has 1 aromatic heterocycles. The Hall–Kier alpha value is -2.73. The van der Waals surface area contributed by atoms with E-state index in [1.807, 2.05) is 53.9 Å². The molecule has 0 unspecified atom stereocenters. The number of thiazole rings is 1. The summed E-state index contributed by atoms with van der Waals surface area (Å²) in [5, 5.41) is 2.88. The first-order chi connectivity index (χ1) is 12.4. The number of fused-ring (bicyclic) bond motifs is 2. The number of rotatable bonds is 2. The van der Waals surface area contributed by atoms with Crippen LogP contribution in [0.3, 0.4) is 0 Å². The van der Waals surface area contributed by atoms with E-state index >= 15 is 0 Å². The van der Waals surface area contributed by atoms with Crippen molar-refractivity contribution in [3.8, 4) is 23.0 Å². The van der Waals surface area contributed by atoms with E-state index in [4.69, 9.17) is 23.9 Å². The molecule has 0 saturated carbocycles. The van der Waals surface area contributed by atoms with Crippen molar-refractivity contribution < 1.29 is 18.9 Å². The molecule has 0 aliphatic carbocycles. The maximum atomic E-state index is 6.03. The van der Waals surface area contributed by atoms with E-state index in [9.17, 15) is 0 Å². The monoisotopic (exact) mass is 353 g/mol. The van der Waals surface area contributed by atoms with Crippen LogP contribution in [0.25, 0.3) is 0 Å². The highest BCUT2D eigenvalue weighted by Gasteiger charge is 2.28. The summed E-state index contributed by atoms with van der Waals surface area (Å²) in [6, 6.07) is 15.4. The second-order valence-electron chi connectivity index (χ2n) is 5.84.